The Morgan fingerprint density at radius 2 is 1.31 bits per heavy atom. The molecule has 0 spiro atoms. The molecule has 0 saturated heterocycles. The molecule has 1 aromatic heterocycles. The second-order valence-corrected chi connectivity index (χ2v) is 9.27. The first-order valence-corrected chi connectivity index (χ1v) is 11.1. The summed E-state index contributed by atoms with van der Waals surface area (Å²) in [6.45, 7) is 0. The molecule has 149 valence electrons. The molecule has 0 amide bonds. The van der Waals surface area contributed by atoms with Crippen LogP contribution in [0.4, 0.5) is 0 Å². The zero-order chi connectivity index (χ0) is 19.6. The van der Waals surface area contributed by atoms with Crippen LogP contribution >= 0.6 is 19.3 Å². The molecule has 29 heavy (non-hydrogen) atoms. The van der Waals surface area contributed by atoms with Gasteiger partial charge >= 0.3 is 0 Å². The van der Waals surface area contributed by atoms with Gasteiger partial charge in [-0.3, -0.25) is 0 Å². The average molecular weight is 597 g/mol. The van der Waals surface area contributed by atoms with E-state index >= 15 is 0 Å². The average Bonchev–Trinajstić information content (AvgIpc) is 3.30. The summed E-state index contributed by atoms with van der Waals surface area (Å²) >= 11 is 1.85. The molecule has 0 fully saturated rings. The molecule has 0 atom stereocenters. The Morgan fingerprint density at radius 3 is 1.72 bits per heavy atom. The van der Waals surface area contributed by atoms with Crippen molar-refractivity contribution in [3.8, 4) is 18.1 Å². The van der Waals surface area contributed by atoms with Gasteiger partial charge in [0.15, 0.2) is 0 Å². The van der Waals surface area contributed by atoms with Crippen molar-refractivity contribution in [1.82, 2.24) is 0 Å². The van der Waals surface area contributed by atoms with Crippen LogP contribution in [0.3, 0.4) is 0 Å². The summed E-state index contributed by atoms with van der Waals surface area (Å²) in [5, 5.41) is 5.00. The summed E-state index contributed by atoms with van der Waals surface area (Å²) in [5.41, 5.74) is 0.876. The Hall–Kier alpha value is -2.11. The molecule has 0 saturated carbocycles. The van der Waals surface area contributed by atoms with Crippen LogP contribution in [0.15, 0.2) is 102 Å². The number of ether oxygens (including phenoxy) is 1. The quantitative estimate of drug-likeness (QED) is 0.179. The molecule has 3 aromatic carbocycles. The van der Waals surface area contributed by atoms with E-state index in [0.717, 1.165) is 11.3 Å². The van der Waals surface area contributed by atoms with Gasteiger partial charge in [0.25, 0.3) is 0 Å². The van der Waals surface area contributed by atoms with Crippen LogP contribution in [0.2, 0.25) is 0 Å². The van der Waals surface area contributed by atoms with Crippen molar-refractivity contribution in [2.24, 2.45) is 0 Å². The minimum atomic E-state index is -0.390. The molecule has 0 bridgehead atoms. The fraction of sp³-hybridized carbons (Fsp3) is 0.0400. The van der Waals surface area contributed by atoms with Crippen LogP contribution in [0.25, 0.3) is 0 Å². The van der Waals surface area contributed by atoms with Gasteiger partial charge in [-0.05, 0) is 54.2 Å². The predicted octanol–water partition coefficient (Wildman–Crippen LogP) is 5.18. The number of rotatable bonds is 4. The molecule has 0 N–H and O–H groups in total. The van der Waals surface area contributed by atoms with Gasteiger partial charge in [-0.15, -0.1) is 17.8 Å². The van der Waals surface area contributed by atoms with Crippen molar-refractivity contribution in [2.45, 2.75) is 0 Å². The second-order valence-electron chi connectivity index (χ2n) is 5.83. The zero-order valence-electron chi connectivity index (χ0n) is 16.0. The molecule has 4 aromatic rings. The van der Waals surface area contributed by atoms with E-state index in [9.17, 15) is 0 Å². The van der Waals surface area contributed by atoms with Crippen molar-refractivity contribution in [3.63, 3.8) is 0 Å². The number of thiophene rings is 1. The minimum Gasteiger partial charge on any atom is -0.497 e. The number of benzene rings is 3. The van der Waals surface area contributed by atoms with Gasteiger partial charge < -0.3 is 4.74 Å². The first kappa shape index (κ1) is 23.2. The third-order valence-corrected chi connectivity index (χ3v) is 7.77. The summed E-state index contributed by atoms with van der Waals surface area (Å²) in [4.78, 5) is 0. The van der Waals surface area contributed by atoms with Crippen LogP contribution < -0.4 is 20.0 Å². The van der Waals surface area contributed by atoms with E-state index in [0.29, 0.717) is 0 Å². The van der Waals surface area contributed by atoms with Gasteiger partial charge in [-0.2, -0.15) is 0 Å². The van der Waals surface area contributed by atoms with Crippen LogP contribution in [0.5, 0.6) is 5.75 Å². The number of hydrogen-bond acceptors (Lipinski definition) is 2. The van der Waals surface area contributed by atoms with E-state index in [-0.39, 0.29) is 22.4 Å². The molecular formula is C25H21AuOPS. The number of methoxy groups -OCH3 is 1. The third kappa shape index (κ3) is 6.72. The van der Waals surface area contributed by atoms with E-state index in [1.807, 2.05) is 35.6 Å². The molecule has 1 nitrogen and oxygen atoms in total. The summed E-state index contributed by atoms with van der Waals surface area (Å²) in [6, 6.07) is 33.4. The zero-order valence-corrected chi connectivity index (χ0v) is 19.8. The van der Waals surface area contributed by atoms with Gasteiger partial charge in [-0.1, -0.05) is 72.7 Å². The first-order chi connectivity index (χ1) is 13.8. The molecule has 1 heterocycles. The predicted molar refractivity (Wildman–Crippen MR) is 124 cm³/mol. The maximum atomic E-state index is 5.15. The van der Waals surface area contributed by atoms with Gasteiger partial charge in [0.05, 0.1) is 7.11 Å². The van der Waals surface area contributed by atoms with Crippen molar-refractivity contribution in [2.75, 3.05) is 7.11 Å². The normalized spacial score (nSPS) is 9.55. The summed E-state index contributed by atoms with van der Waals surface area (Å²) in [6.07, 6.45) is 5.15. The smallest absolute Gasteiger partial charge is 0.118 e. The van der Waals surface area contributed by atoms with Crippen molar-refractivity contribution >= 4 is 34.5 Å². The van der Waals surface area contributed by atoms with Gasteiger partial charge in [-0.25, -0.2) is 0 Å². The molecule has 0 aliphatic heterocycles. The summed E-state index contributed by atoms with van der Waals surface area (Å²) in [5.74, 6) is 3.36. The Bertz CT molecular complexity index is 955. The van der Waals surface area contributed by atoms with Gasteiger partial charge in [0.1, 0.15) is 5.75 Å². The van der Waals surface area contributed by atoms with Crippen molar-refractivity contribution in [1.29, 1.82) is 0 Å². The Balaban J connectivity index is 0.000000234. The summed E-state index contributed by atoms with van der Waals surface area (Å²) < 4.78 is 6.41. The standard InChI is InChI=1S/C16H13PS.C9H8O.Au/c1-3-8-14(9-4-1)17(16-12-7-13-18-16)15-10-5-2-6-11-15;1-3-8-4-6-9(10-2)7-5-8;/h1-13H;1,4-7H,2H3;. The van der Waals surface area contributed by atoms with Crippen LogP contribution in [-0.2, 0) is 22.4 Å². The van der Waals surface area contributed by atoms with E-state index in [2.05, 4.69) is 84.1 Å². The molecule has 0 unspecified atom stereocenters. The largest absolute Gasteiger partial charge is 0.497 e. The summed E-state index contributed by atoms with van der Waals surface area (Å²) in [7, 11) is 1.24. The molecular weight excluding hydrogens is 576 g/mol. The van der Waals surface area contributed by atoms with Gasteiger partial charge in [0.2, 0.25) is 0 Å². The molecule has 0 aliphatic carbocycles. The van der Waals surface area contributed by atoms with Crippen LogP contribution in [-0.4, -0.2) is 7.11 Å². The van der Waals surface area contributed by atoms with E-state index in [1.54, 1.807) is 7.11 Å². The Labute approximate surface area is 194 Å². The molecule has 0 aliphatic rings. The Kier molecular flexibility index (Phi) is 9.95. The molecule has 4 rings (SSSR count). The fourth-order valence-electron chi connectivity index (χ4n) is 2.64. The maximum Gasteiger partial charge on any atom is 0.118 e. The molecule has 4 heteroatoms. The topological polar surface area (TPSA) is 9.23 Å². The minimum absolute atomic E-state index is 0. The fourth-order valence-corrected chi connectivity index (χ4v) is 6.32. The van der Waals surface area contributed by atoms with E-state index in [4.69, 9.17) is 11.2 Å². The molecule has 1 radical (unpaired) electrons. The second kappa shape index (κ2) is 12.5. The van der Waals surface area contributed by atoms with E-state index < -0.39 is 7.92 Å². The monoisotopic (exact) mass is 597 g/mol. The van der Waals surface area contributed by atoms with Crippen molar-refractivity contribution in [3.05, 3.63) is 108 Å². The maximum absolute atomic E-state index is 5.15. The number of terminal acetylenes is 1. The Morgan fingerprint density at radius 1 is 0.759 bits per heavy atom. The SMILES string of the molecule is C#Cc1ccc(OC)cc1.[Au].c1ccc(P(c2ccccc2)c2cccs2)cc1. The van der Waals surface area contributed by atoms with Crippen LogP contribution in [0, 0.1) is 12.3 Å². The van der Waals surface area contributed by atoms with Gasteiger partial charge in [0, 0.05) is 32.6 Å². The first-order valence-electron chi connectivity index (χ1n) is 8.86. The van der Waals surface area contributed by atoms with Crippen molar-refractivity contribution < 1.29 is 27.1 Å². The third-order valence-electron chi connectivity index (χ3n) is 4.01. The number of hydrogen-bond donors (Lipinski definition) is 0. The van der Waals surface area contributed by atoms with E-state index in [1.165, 1.54) is 15.2 Å². The van der Waals surface area contributed by atoms with Crippen LogP contribution in [0.1, 0.15) is 5.56 Å².